The van der Waals surface area contributed by atoms with Crippen molar-refractivity contribution in [1.82, 2.24) is 0 Å². The first-order valence-electron chi connectivity index (χ1n) is 5.50. The van der Waals surface area contributed by atoms with E-state index in [2.05, 4.69) is 62.6 Å². The van der Waals surface area contributed by atoms with Gasteiger partial charge in [0, 0.05) is 4.88 Å². The van der Waals surface area contributed by atoms with Gasteiger partial charge in [0.25, 0.3) is 0 Å². The van der Waals surface area contributed by atoms with Crippen LogP contribution in [0, 0.1) is 13.8 Å². The first-order chi connectivity index (χ1) is 7.72. The van der Waals surface area contributed by atoms with E-state index in [1.165, 1.54) is 27.1 Å². The van der Waals surface area contributed by atoms with Gasteiger partial charge in [-0.3, -0.25) is 0 Å². The van der Waals surface area contributed by atoms with Crippen molar-refractivity contribution < 1.29 is 0 Å². The molecule has 2 rings (SSSR count). The molecule has 0 aliphatic carbocycles. The van der Waals surface area contributed by atoms with E-state index in [0.29, 0.717) is 0 Å². The van der Waals surface area contributed by atoms with Gasteiger partial charge < -0.3 is 0 Å². The van der Waals surface area contributed by atoms with Crippen LogP contribution in [0.4, 0.5) is 0 Å². The standard InChI is InChI=1S/C15H16S/c1-4-6-13-9-12(3)14(10-11(13)2)15-7-5-8-16-15/h4-10H,1-3H3. The summed E-state index contributed by atoms with van der Waals surface area (Å²) < 4.78 is 0. The number of thiophene rings is 1. The highest BCUT2D eigenvalue weighted by Crippen LogP contribution is 2.30. The average Bonchev–Trinajstić information content (AvgIpc) is 2.76. The molecule has 0 N–H and O–H groups in total. The molecule has 1 aromatic heterocycles. The Morgan fingerprint density at radius 1 is 1.12 bits per heavy atom. The molecule has 0 amide bonds. The van der Waals surface area contributed by atoms with Gasteiger partial charge in [-0.15, -0.1) is 11.3 Å². The van der Waals surface area contributed by atoms with Crippen molar-refractivity contribution in [2.45, 2.75) is 20.8 Å². The van der Waals surface area contributed by atoms with Crippen molar-refractivity contribution in [2.75, 3.05) is 0 Å². The summed E-state index contributed by atoms with van der Waals surface area (Å²) in [6, 6.07) is 8.84. The smallest absolute Gasteiger partial charge is 0.0345 e. The highest BCUT2D eigenvalue weighted by atomic mass is 32.1. The van der Waals surface area contributed by atoms with Crippen molar-refractivity contribution in [1.29, 1.82) is 0 Å². The minimum atomic E-state index is 1.32. The third-order valence-corrected chi connectivity index (χ3v) is 3.65. The van der Waals surface area contributed by atoms with Gasteiger partial charge in [0.15, 0.2) is 0 Å². The predicted molar refractivity (Wildman–Crippen MR) is 73.9 cm³/mol. The molecule has 16 heavy (non-hydrogen) atoms. The Morgan fingerprint density at radius 3 is 2.56 bits per heavy atom. The highest BCUT2D eigenvalue weighted by Gasteiger charge is 2.05. The Morgan fingerprint density at radius 2 is 1.94 bits per heavy atom. The third-order valence-electron chi connectivity index (χ3n) is 2.75. The number of hydrogen-bond donors (Lipinski definition) is 0. The molecule has 0 aliphatic rings. The fourth-order valence-electron chi connectivity index (χ4n) is 1.89. The maximum Gasteiger partial charge on any atom is 0.0345 e. The third kappa shape index (κ3) is 2.10. The molecule has 0 saturated heterocycles. The molecule has 0 radical (unpaired) electrons. The van der Waals surface area contributed by atoms with Gasteiger partial charge in [0.1, 0.15) is 0 Å². The highest BCUT2D eigenvalue weighted by molar-refractivity contribution is 7.13. The van der Waals surface area contributed by atoms with Gasteiger partial charge in [-0.1, -0.05) is 24.3 Å². The predicted octanol–water partition coefficient (Wildman–Crippen LogP) is 5.07. The molecular formula is C15H16S. The van der Waals surface area contributed by atoms with E-state index in [1.807, 2.05) is 0 Å². The number of allylic oxidation sites excluding steroid dienone is 1. The van der Waals surface area contributed by atoms with Crippen molar-refractivity contribution in [3.05, 3.63) is 52.4 Å². The molecule has 0 atom stereocenters. The number of hydrogen-bond acceptors (Lipinski definition) is 1. The van der Waals surface area contributed by atoms with E-state index < -0.39 is 0 Å². The Bertz CT molecular complexity index is 504. The lowest BCUT2D eigenvalue weighted by molar-refractivity contribution is 1.38. The second-order valence-corrected chi connectivity index (χ2v) is 4.95. The van der Waals surface area contributed by atoms with Crippen LogP contribution in [0.2, 0.25) is 0 Å². The Labute approximate surface area is 101 Å². The zero-order chi connectivity index (χ0) is 11.5. The summed E-state index contributed by atoms with van der Waals surface area (Å²) in [5.41, 5.74) is 5.37. The molecule has 0 fully saturated rings. The zero-order valence-electron chi connectivity index (χ0n) is 9.95. The summed E-state index contributed by atoms with van der Waals surface area (Å²) in [6.07, 6.45) is 4.26. The van der Waals surface area contributed by atoms with E-state index >= 15 is 0 Å². The summed E-state index contributed by atoms with van der Waals surface area (Å²) in [5.74, 6) is 0. The Kier molecular flexibility index (Phi) is 3.25. The quantitative estimate of drug-likeness (QED) is 0.673. The second kappa shape index (κ2) is 4.67. The van der Waals surface area contributed by atoms with Crippen molar-refractivity contribution >= 4 is 17.4 Å². The van der Waals surface area contributed by atoms with E-state index in [-0.39, 0.29) is 0 Å². The summed E-state index contributed by atoms with van der Waals surface area (Å²) in [4.78, 5) is 1.35. The minimum Gasteiger partial charge on any atom is -0.144 e. The Balaban J connectivity index is 2.54. The van der Waals surface area contributed by atoms with Crippen LogP contribution in [0.15, 0.2) is 35.7 Å². The van der Waals surface area contributed by atoms with Crippen LogP contribution in [0.1, 0.15) is 23.6 Å². The van der Waals surface area contributed by atoms with Crippen LogP contribution >= 0.6 is 11.3 Å². The molecule has 1 aromatic carbocycles. The van der Waals surface area contributed by atoms with Crippen LogP contribution in [0.3, 0.4) is 0 Å². The minimum absolute atomic E-state index is 1.32. The molecule has 0 aliphatic heterocycles. The Hall–Kier alpha value is -1.34. The van der Waals surface area contributed by atoms with Crippen molar-refractivity contribution in [3.63, 3.8) is 0 Å². The molecule has 0 unspecified atom stereocenters. The molecule has 82 valence electrons. The molecule has 0 saturated carbocycles. The maximum atomic E-state index is 2.29. The summed E-state index contributed by atoms with van der Waals surface area (Å²) in [5, 5.41) is 2.13. The van der Waals surface area contributed by atoms with Gasteiger partial charge in [-0.2, -0.15) is 0 Å². The molecule has 2 aromatic rings. The molecule has 1 heteroatoms. The summed E-state index contributed by atoms with van der Waals surface area (Å²) >= 11 is 1.80. The fourth-order valence-corrected chi connectivity index (χ4v) is 2.70. The lowest BCUT2D eigenvalue weighted by Gasteiger charge is -2.08. The molecular weight excluding hydrogens is 212 g/mol. The molecule has 0 nitrogen and oxygen atoms in total. The summed E-state index contributed by atoms with van der Waals surface area (Å²) in [7, 11) is 0. The topological polar surface area (TPSA) is 0 Å². The molecule has 1 heterocycles. The van der Waals surface area contributed by atoms with Gasteiger partial charge in [0.05, 0.1) is 0 Å². The fraction of sp³-hybridized carbons (Fsp3) is 0.200. The normalized spacial score (nSPS) is 11.2. The number of rotatable bonds is 2. The zero-order valence-corrected chi connectivity index (χ0v) is 10.8. The van der Waals surface area contributed by atoms with Crippen molar-refractivity contribution in [3.8, 4) is 10.4 Å². The number of benzene rings is 1. The lowest BCUT2D eigenvalue weighted by atomic mass is 9.99. The van der Waals surface area contributed by atoms with E-state index in [9.17, 15) is 0 Å². The van der Waals surface area contributed by atoms with E-state index in [0.717, 1.165) is 0 Å². The monoisotopic (exact) mass is 228 g/mol. The maximum absolute atomic E-state index is 2.29. The van der Waals surface area contributed by atoms with Gasteiger partial charge in [-0.25, -0.2) is 0 Å². The second-order valence-electron chi connectivity index (χ2n) is 4.00. The van der Waals surface area contributed by atoms with Crippen LogP contribution in [0.5, 0.6) is 0 Å². The molecule has 0 bridgehead atoms. The first-order valence-corrected chi connectivity index (χ1v) is 6.38. The van der Waals surface area contributed by atoms with Crippen LogP contribution in [-0.4, -0.2) is 0 Å². The lowest BCUT2D eigenvalue weighted by Crippen LogP contribution is -1.87. The van der Waals surface area contributed by atoms with E-state index in [1.54, 1.807) is 11.3 Å². The SMILES string of the molecule is CC=Cc1cc(C)c(-c2cccs2)cc1C. The average molecular weight is 228 g/mol. The van der Waals surface area contributed by atoms with Crippen LogP contribution in [0.25, 0.3) is 16.5 Å². The van der Waals surface area contributed by atoms with Crippen LogP contribution in [-0.2, 0) is 0 Å². The largest absolute Gasteiger partial charge is 0.144 e. The van der Waals surface area contributed by atoms with Crippen molar-refractivity contribution in [2.24, 2.45) is 0 Å². The summed E-state index contributed by atoms with van der Waals surface area (Å²) in [6.45, 7) is 6.41. The number of aryl methyl sites for hydroxylation is 2. The van der Waals surface area contributed by atoms with Gasteiger partial charge in [-0.05, 0) is 60.5 Å². The van der Waals surface area contributed by atoms with Crippen LogP contribution < -0.4 is 0 Å². The van der Waals surface area contributed by atoms with Gasteiger partial charge in [0.2, 0.25) is 0 Å². The van der Waals surface area contributed by atoms with E-state index in [4.69, 9.17) is 0 Å². The first kappa shape index (κ1) is 11.2. The molecule has 0 spiro atoms. The van der Waals surface area contributed by atoms with Gasteiger partial charge >= 0.3 is 0 Å².